The lowest BCUT2D eigenvalue weighted by Crippen LogP contribution is -2.44. The third-order valence-electron chi connectivity index (χ3n) is 7.16. The van der Waals surface area contributed by atoms with E-state index in [2.05, 4.69) is 70.3 Å². The molecule has 0 spiro atoms. The fourth-order valence-corrected chi connectivity index (χ4v) is 5.15. The van der Waals surface area contributed by atoms with Crippen molar-refractivity contribution in [3.63, 3.8) is 0 Å². The molecule has 3 heterocycles. The van der Waals surface area contributed by atoms with Gasteiger partial charge in [-0.15, -0.1) is 0 Å². The first kappa shape index (κ1) is 21.3. The summed E-state index contributed by atoms with van der Waals surface area (Å²) in [5.74, 6) is 0.319. The van der Waals surface area contributed by atoms with E-state index in [9.17, 15) is 4.79 Å². The SMILES string of the molecule is CN1CCN(c2ccccc2CC2CCN(c3ccc(N4CCOCC4)cc3)C2=O)CC1. The summed E-state index contributed by atoms with van der Waals surface area (Å²) < 4.78 is 5.45. The van der Waals surface area contributed by atoms with Crippen LogP contribution in [-0.4, -0.2) is 76.9 Å². The number of benzene rings is 2. The second-order valence-electron chi connectivity index (χ2n) is 9.21. The van der Waals surface area contributed by atoms with Crippen LogP contribution in [0.1, 0.15) is 12.0 Å². The van der Waals surface area contributed by atoms with Crippen molar-refractivity contribution in [2.24, 2.45) is 5.92 Å². The van der Waals surface area contributed by atoms with E-state index in [-0.39, 0.29) is 11.8 Å². The molecule has 5 rings (SSSR count). The van der Waals surface area contributed by atoms with E-state index >= 15 is 0 Å². The number of hydrogen-bond acceptors (Lipinski definition) is 5. The van der Waals surface area contributed by atoms with Gasteiger partial charge in [0, 0.05) is 68.8 Å². The van der Waals surface area contributed by atoms with E-state index < -0.39 is 0 Å². The van der Waals surface area contributed by atoms with Crippen LogP contribution >= 0.6 is 0 Å². The first-order chi connectivity index (χ1) is 15.7. The predicted molar refractivity (Wildman–Crippen MR) is 130 cm³/mol. The maximum atomic E-state index is 13.3. The number of nitrogens with zero attached hydrogens (tertiary/aromatic N) is 4. The first-order valence-corrected chi connectivity index (χ1v) is 11.9. The molecule has 1 atom stereocenters. The van der Waals surface area contributed by atoms with Gasteiger partial charge >= 0.3 is 0 Å². The minimum Gasteiger partial charge on any atom is -0.378 e. The molecule has 3 saturated heterocycles. The number of carbonyl (C=O) groups excluding carboxylic acids is 1. The van der Waals surface area contributed by atoms with Gasteiger partial charge in [-0.05, 0) is 55.8 Å². The Kier molecular flexibility index (Phi) is 6.32. The monoisotopic (exact) mass is 434 g/mol. The lowest BCUT2D eigenvalue weighted by molar-refractivity contribution is -0.120. The van der Waals surface area contributed by atoms with Crippen molar-refractivity contribution in [1.29, 1.82) is 0 Å². The van der Waals surface area contributed by atoms with E-state index in [0.717, 1.165) is 77.6 Å². The second-order valence-corrected chi connectivity index (χ2v) is 9.21. The topological polar surface area (TPSA) is 39.3 Å². The van der Waals surface area contributed by atoms with Crippen molar-refractivity contribution >= 4 is 23.0 Å². The van der Waals surface area contributed by atoms with Crippen molar-refractivity contribution in [2.75, 3.05) is 80.8 Å². The summed E-state index contributed by atoms with van der Waals surface area (Å²) in [4.78, 5) is 22.5. The molecule has 2 aromatic carbocycles. The highest BCUT2D eigenvalue weighted by atomic mass is 16.5. The maximum Gasteiger partial charge on any atom is 0.230 e. The van der Waals surface area contributed by atoms with Crippen molar-refractivity contribution in [2.45, 2.75) is 12.8 Å². The molecule has 32 heavy (non-hydrogen) atoms. The lowest BCUT2D eigenvalue weighted by Gasteiger charge is -2.35. The average molecular weight is 435 g/mol. The molecule has 2 aromatic rings. The molecule has 6 nitrogen and oxygen atoms in total. The average Bonchev–Trinajstić information content (AvgIpc) is 3.20. The number of para-hydroxylation sites is 1. The Hall–Kier alpha value is -2.57. The van der Waals surface area contributed by atoms with Crippen LogP contribution in [0.15, 0.2) is 48.5 Å². The van der Waals surface area contributed by atoms with Crippen molar-refractivity contribution < 1.29 is 9.53 Å². The molecule has 0 saturated carbocycles. The molecular weight excluding hydrogens is 400 g/mol. The van der Waals surface area contributed by atoms with Gasteiger partial charge < -0.3 is 24.3 Å². The number of likely N-dealkylation sites (N-methyl/N-ethyl adjacent to an activating group) is 1. The highest BCUT2D eigenvalue weighted by Gasteiger charge is 2.33. The van der Waals surface area contributed by atoms with Gasteiger partial charge in [-0.25, -0.2) is 0 Å². The normalized spacial score (nSPS) is 22.6. The largest absolute Gasteiger partial charge is 0.378 e. The molecule has 0 aliphatic carbocycles. The highest BCUT2D eigenvalue weighted by molar-refractivity contribution is 5.97. The summed E-state index contributed by atoms with van der Waals surface area (Å²) in [6.45, 7) is 8.50. The zero-order chi connectivity index (χ0) is 21.9. The third kappa shape index (κ3) is 4.48. The van der Waals surface area contributed by atoms with Crippen LogP contribution in [0.4, 0.5) is 17.1 Å². The summed E-state index contributed by atoms with van der Waals surface area (Å²) >= 11 is 0. The minimum atomic E-state index is 0.0579. The Bertz CT molecular complexity index is 918. The molecule has 0 aromatic heterocycles. The predicted octanol–water partition coefficient (Wildman–Crippen LogP) is 2.87. The Morgan fingerprint density at radius 3 is 2.25 bits per heavy atom. The molecule has 1 unspecified atom stereocenters. The summed E-state index contributed by atoms with van der Waals surface area (Å²) in [5.41, 5.74) is 4.84. The van der Waals surface area contributed by atoms with E-state index in [4.69, 9.17) is 4.74 Å². The first-order valence-electron chi connectivity index (χ1n) is 11.9. The summed E-state index contributed by atoms with van der Waals surface area (Å²) in [6, 6.07) is 17.1. The quantitative estimate of drug-likeness (QED) is 0.724. The van der Waals surface area contributed by atoms with Crippen molar-refractivity contribution in [1.82, 2.24) is 4.90 Å². The number of amides is 1. The molecular formula is C26H34N4O2. The summed E-state index contributed by atoms with van der Waals surface area (Å²) in [5, 5.41) is 0. The summed E-state index contributed by atoms with van der Waals surface area (Å²) in [7, 11) is 2.18. The zero-order valence-corrected chi connectivity index (χ0v) is 19.1. The number of piperazine rings is 1. The zero-order valence-electron chi connectivity index (χ0n) is 19.1. The molecule has 0 N–H and O–H groups in total. The standard InChI is InChI=1S/C26H34N4O2/c1-27-12-14-29(15-13-27)25-5-3-2-4-21(25)20-22-10-11-30(26(22)31)24-8-6-23(7-9-24)28-16-18-32-19-17-28/h2-9,22H,10-20H2,1H3. The number of morpholine rings is 1. The number of hydrogen-bond donors (Lipinski definition) is 0. The van der Waals surface area contributed by atoms with Gasteiger partial charge in [-0.2, -0.15) is 0 Å². The van der Waals surface area contributed by atoms with Gasteiger partial charge in [-0.3, -0.25) is 4.79 Å². The van der Waals surface area contributed by atoms with Crippen LogP contribution in [-0.2, 0) is 16.0 Å². The van der Waals surface area contributed by atoms with E-state index in [1.165, 1.54) is 16.9 Å². The van der Waals surface area contributed by atoms with Crippen LogP contribution in [0.25, 0.3) is 0 Å². The second kappa shape index (κ2) is 9.51. The highest BCUT2D eigenvalue weighted by Crippen LogP contribution is 2.32. The Balaban J connectivity index is 1.25. The van der Waals surface area contributed by atoms with Gasteiger partial charge in [0.2, 0.25) is 5.91 Å². The van der Waals surface area contributed by atoms with Gasteiger partial charge in [0.25, 0.3) is 0 Å². The molecule has 6 heteroatoms. The smallest absolute Gasteiger partial charge is 0.230 e. The third-order valence-corrected chi connectivity index (χ3v) is 7.16. The van der Waals surface area contributed by atoms with Crippen LogP contribution in [0.2, 0.25) is 0 Å². The van der Waals surface area contributed by atoms with Crippen LogP contribution in [0.3, 0.4) is 0 Å². The molecule has 0 bridgehead atoms. The maximum absolute atomic E-state index is 13.3. The fraction of sp³-hybridized carbons (Fsp3) is 0.500. The van der Waals surface area contributed by atoms with Crippen LogP contribution in [0, 0.1) is 5.92 Å². The molecule has 3 aliphatic rings. The van der Waals surface area contributed by atoms with Crippen LogP contribution in [0.5, 0.6) is 0 Å². The number of ether oxygens (including phenoxy) is 1. The van der Waals surface area contributed by atoms with Crippen molar-refractivity contribution in [3.8, 4) is 0 Å². The van der Waals surface area contributed by atoms with E-state index in [0.29, 0.717) is 0 Å². The summed E-state index contributed by atoms with van der Waals surface area (Å²) in [6.07, 6.45) is 1.74. The lowest BCUT2D eigenvalue weighted by atomic mass is 9.96. The van der Waals surface area contributed by atoms with Gasteiger partial charge in [0.05, 0.1) is 13.2 Å². The fourth-order valence-electron chi connectivity index (χ4n) is 5.15. The van der Waals surface area contributed by atoms with Gasteiger partial charge in [-0.1, -0.05) is 18.2 Å². The van der Waals surface area contributed by atoms with Crippen LogP contribution < -0.4 is 14.7 Å². The molecule has 3 aliphatic heterocycles. The van der Waals surface area contributed by atoms with Crippen molar-refractivity contribution in [3.05, 3.63) is 54.1 Å². The Morgan fingerprint density at radius 1 is 0.812 bits per heavy atom. The van der Waals surface area contributed by atoms with E-state index in [1.807, 2.05) is 4.90 Å². The van der Waals surface area contributed by atoms with E-state index in [1.54, 1.807) is 0 Å². The Labute approximate surface area is 191 Å². The molecule has 0 radical (unpaired) electrons. The molecule has 3 fully saturated rings. The minimum absolute atomic E-state index is 0.0579. The van der Waals surface area contributed by atoms with Gasteiger partial charge in [0.1, 0.15) is 0 Å². The molecule has 170 valence electrons. The number of anilines is 3. The Morgan fingerprint density at radius 2 is 1.50 bits per heavy atom. The van der Waals surface area contributed by atoms with Gasteiger partial charge in [0.15, 0.2) is 0 Å². The number of carbonyl (C=O) groups is 1. The number of rotatable bonds is 5. The molecule has 1 amide bonds.